The van der Waals surface area contributed by atoms with Crippen LogP contribution in [-0.4, -0.2) is 47.3 Å². The highest BCUT2D eigenvalue weighted by Gasteiger charge is 2.26. The van der Waals surface area contributed by atoms with Gasteiger partial charge in [-0.15, -0.1) is 0 Å². The number of nitrogens with one attached hydrogen (secondary N) is 1. The molecule has 1 atom stereocenters. The molecule has 0 amide bonds. The predicted molar refractivity (Wildman–Crippen MR) is 153 cm³/mol. The van der Waals surface area contributed by atoms with Crippen LogP contribution in [0.3, 0.4) is 0 Å². The number of anilines is 2. The standard InChI is InChI=1S/C28H30N4O5S2/c1-4-32(27(19-30)38(3,34)35)25-15-12-22(20(2)16-25)17-23(18-29)28(33)21-10-13-24(14-11-21)31-39(36,37)26-8-6-5-7-9-26/h5-17,27,31H,4,19,30H2,1-3H3/b23-17-. The van der Waals surface area contributed by atoms with Crippen molar-refractivity contribution in [3.05, 3.63) is 95.1 Å². The number of aryl methyl sites for hydroxylation is 1. The molecule has 1 unspecified atom stereocenters. The van der Waals surface area contributed by atoms with Gasteiger partial charge in [-0.05, 0) is 79.6 Å². The molecule has 0 aliphatic carbocycles. The van der Waals surface area contributed by atoms with Crippen molar-refractivity contribution in [1.82, 2.24) is 0 Å². The van der Waals surface area contributed by atoms with Crippen LogP contribution in [0.5, 0.6) is 0 Å². The van der Waals surface area contributed by atoms with Crippen molar-refractivity contribution in [3.63, 3.8) is 0 Å². The van der Waals surface area contributed by atoms with Crippen molar-refractivity contribution in [2.24, 2.45) is 5.73 Å². The number of benzene rings is 3. The van der Waals surface area contributed by atoms with Crippen molar-refractivity contribution in [2.45, 2.75) is 24.1 Å². The van der Waals surface area contributed by atoms with Gasteiger partial charge in [-0.3, -0.25) is 9.52 Å². The summed E-state index contributed by atoms with van der Waals surface area (Å²) in [5.41, 5.74) is 8.15. The van der Waals surface area contributed by atoms with E-state index in [1.54, 1.807) is 48.2 Å². The molecule has 0 radical (unpaired) electrons. The number of sulfonamides is 1. The van der Waals surface area contributed by atoms with Crippen LogP contribution in [0.4, 0.5) is 11.4 Å². The lowest BCUT2D eigenvalue weighted by atomic mass is 9.99. The third-order valence-electron chi connectivity index (χ3n) is 6.09. The van der Waals surface area contributed by atoms with Gasteiger partial charge in [0.2, 0.25) is 5.78 Å². The molecule has 3 aromatic carbocycles. The number of Topliss-reactive ketones (excluding diaryl/α,β-unsaturated/α-hetero) is 1. The third kappa shape index (κ3) is 7.11. The zero-order chi connectivity index (χ0) is 28.8. The lowest BCUT2D eigenvalue weighted by Gasteiger charge is -2.31. The molecule has 3 rings (SSSR count). The van der Waals surface area contributed by atoms with Gasteiger partial charge in [-0.2, -0.15) is 5.26 Å². The second-order valence-corrected chi connectivity index (χ2v) is 12.7. The molecule has 3 aromatic rings. The van der Waals surface area contributed by atoms with Gasteiger partial charge in [-0.25, -0.2) is 16.8 Å². The van der Waals surface area contributed by atoms with Crippen molar-refractivity contribution in [3.8, 4) is 6.07 Å². The molecule has 0 aliphatic heterocycles. The number of ketones is 1. The maximum Gasteiger partial charge on any atom is 0.261 e. The molecule has 0 saturated carbocycles. The molecule has 0 spiro atoms. The van der Waals surface area contributed by atoms with Crippen LogP contribution in [0.2, 0.25) is 0 Å². The minimum atomic E-state index is -3.78. The number of sulfone groups is 1. The van der Waals surface area contributed by atoms with E-state index in [0.29, 0.717) is 17.8 Å². The summed E-state index contributed by atoms with van der Waals surface area (Å²) in [6, 6.07) is 20.9. The van der Waals surface area contributed by atoms with E-state index >= 15 is 0 Å². The Morgan fingerprint density at radius 1 is 1.05 bits per heavy atom. The number of rotatable bonds is 11. The minimum absolute atomic E-state index is 0.0625. The summed E-state index contributed by atoms with van der Waals surface area (Å²) >= 11 is 0. The second kappa shape index (κ2) is 12.3. The zero-order valence-electron chi connectivity index (χ0n) is 21.8. The van der Waals surface area contributed by atoms with Gasteiger partial charge in [0.1, 0.15) is 17.0 Å². The van der Waals surface area contributed by atoms with E-state index in [1.807, 2.05) is 13.0 Å². The van der Waals surface area contributed by atoms with E-state index < -0.39 is 31.0 Å². The number of nitrogens with two attached hydrogens (primary N) is 1. The Balaban J connectivity index is 1.83. The molecule has 0 bridgehead atoms. The second-order valence-electron chi connectivity index (χ2n) is 8.84. The number of hydrogen-bond donors (Lipinski definition) is 2. The van der Waals surface area contributed by atoms with Gasteiger partial charge >= 0.3 is 0 Å². The highest BCUT2D eigenvalue weighted by Crippen LogP contribution is 2.25. The first-order valence-corrected chi connectivity index (χ1v) is 15.5. The first-order valence-electron chi connectivity index (χ1n) is 12.0. The van der Waals surface area contributed by atoms with Crippen molar-refractivity contribution >= 4 is 43.1 Å². The van der Waals surface area contributed by atoms with Crippen LogP contribution < -0.4 is 15.4 Å². The average molecular weight is 567 g/mol. The Bertz CT molecular complexity index is 1630. The van der Waals surface area contributed by atoms with E-state index in [4.69, 9.17) is 5.73 Å². The summed E-state index contributed by atoms with van der Waals surface area (Å²) in [4.78, 5) is 14.9. The van der Waals surface area contributed by atoms with Crippen molar-refractivity contribution in [1.29, 1.82) is 5.26 Å². The van der Waals surface area contributed by atoms with Crippen molar-refractivity contribution in [2.75, 3.05) is 29.0 Å². The van der Waals surface area contributed by atoms with E-state index in [0.717, 1.165) is 11.8 Å². The molecule has 0 heterocycles. The smallest absolute Gasteiger partial charge is 0.261 e. The van der Waals surface area contributed by atoms with Gasteiger partial charge in [-0.1, -0.05) is 24.3 Å². The Hall–Kier alpha value is -3.98. The van der Waals surface area contributed by atoms with Crippen LogP contribution in [0.25, 0.3) is 6.08 Å². The normalized spacial score (nSPS) is 12.8. The molecule has 0 fully saturated rings. The van der Waals surface area contributed by atoms with Crippen LogP contribution in [0.1, 0.15) is 28.4 Å². The van der Waals surface area contributed by atoms with Crippen LogP contribution in [0.15, 0.2) is 83.3 Å². The molecule has 0 aromatic heterocycles. The highest BCUT2D eigenvalue weighted by atomic mass is 32.2. The summed E-state index contributed by atoms with van der Waals surface area (Å²) in [7, 11) is -7.21. The lowest BCUT2D eigenvalue weighted by molar-refractivity contribution is 0.104. The number of carbonyl (C=O) groups is 1. The average Bonchev–Trinajstić information content (AvgIpc) is 2.90. The number of nitrogens with zero attached hydrogens (tertiary/aromatic N) is 2. The van der Waals surface area contributed by atoms with E-state index in [9.17, 15) is 26.9 Å². The third-order valence-corrected chi connectivity index (χ3v) is 8.92. The summed E-state index contributed by atoms with van der Waals surface area (Å²) in [5.74, 6) is -0.520. The van der Waals surface area contributed by atoms with Crippen LogP contribution in [-0.2, 0) is 19.9 Å². The maximum absolute atomic E-state index is 13.1. The molecule has 39 heavy (non-hydrogen) atoms. The number of nitriles is 1. The van der Waals surface area contributed by atoms with Crippen molar-refractivity contribution < 1.29 is 21.6 Å². The number of allylic oxidation sites excluding steroid dienone is 1. The molecule has 11 heteroatoms. The first kappa shape index (κ1) is 29.6. The molecule has 9 nitrogen and oxygen atoms in total. The molecule has 3 N–H and O–H groups in total. The minimum Gasteiger partial charge on any atom is -0.354 e. The van der Waals surface area contributed by atoms with Crippen LogP contribution >= 0.6 is 0 Å². The molecule has 0 aliphatic rings. The Morgan fingerprint density at radius 2 is 1.69 bits per heavy atom. The lowest BCUT2D eigenvalue weighted by Crippen LogP contribution is -2.45. The predicted octanol–water partition coefficient (Wildman–Crippen LogP) is 3.74. The van der Waals surface area contributed by atoms with E-state index in [2.05, 4.69) is 4.72 Å². The maximum atomic E-state index is 13.1. The topological polar surface area (TPSA) is 150 Å². The SMILES string of the molecule is CCN(c1ccc(/C=C(/C#N)C(=O)c2ccc(NS(=O)(=O)c3ccccc3)cc2)c(C)c1)C(CN)S(C)(=O)=O. The molecule has 0 saturated heterocycles. The molecule has 204 valence electrons. The zero-order valence-corrected chi connectivity index (χ0v) is 23.5. The summed E-state index contributed by atoms with van der Waals surface area (Å²) < 4.78 is 51.9. The van der Waals surface area contributed by atoms with Crippen LogP contribution in [0, 0.1) is 18.3 Å². The van der Waals surface area contributed by atoms with Gasteiger partial charge in [0, 0.05) is 36.3 Å². The fourth-order valence-corrected chi connectivity index (χ4v) is 6.21. The van der Waals surface area contributed by atoms with Gasteiger partial charge in [0.05, 0.1) is 4.90 Å². The Labute approximate surface area is 229 Å². The van der Waals surface area contributed by atoms with Gasteiger partial charge in [0.15, 0.2) is 9.84 Å². The fourth-order valence-electron chi connectivity index (χ4n) is 4.05. The fraction of sp³-hybridized carbons (Fsp3) is 0.214. The van der Waals surface area contributed by atoms with E-state index in [-0.39, 0.29) is 28.3 Å². The molecular weight excluding hydrogens is 536 g/mol. The highest BCUT2D eigenvalue weighted by molar-refractivity contribution is 7.92. The number of likely N-dealkylation sites (N-methyl/N-ethyl adjacent to an activating group) is 1. The summed E-state index contributed by atoms with van der Waals surface area (Å²) in [6.07, 6.45) is 2.62. The molecular formula is C28H30N4O5S2. The largest absolute Gasteiger partial charge is 0.354 e. The van der Waals surface area contributed by atoms with E-state index in [1.165, 1.54) is 42.5 Å². The first-order chi connectivity index (χ1) is 18.4. The monoisotopic (exact) mass is 566 g/mol. The van der Waals surface area contributed by atoms with Gasteiger partial charge < -0.3 is 10.6 Å². The van der Waals surface area contributed by atoms with Gasteiger partial charge in [0.25, 0.3) is 10.0 Å². The quantitative estimate of drug-likeness (QED) is 0.202. The number of hydrogen-bond acceptors (Lipinski definition) is 8. The summed E-state index contributed by atoms with van der Waals surface area (Å²) in [6.45, 7) is 3.99. The Morgan fingerprint density at radius 3 is 2.21 bits per heavy atom. The Kier molecular flexibility index (Phi) is 9.29. The summed E-state index contributed by atoms with van der Waals surface area (Å²) in [5, 5.41) is 8.82. The number of carbonyl (C=O) groups excluding carboxylic acids is 1.